The summed E-state index contributed by atoms with van der Waals surface area (Å²) in [7, 11) is 0. The predicted octanol–water partition coefficient (Wildman–Crippen LogP) is 1.36. The number of nitro benzene ring substituents is 1. The number of carbonyl (C=O) groups excluding carboxylic acids is 1. The van der Waals surface area contributed by atoms with E-state index in [2.05, 4.69) is 0 Å². The Balaban J connectivity index is 3.25. The summed E-state index contributed by atoms with van der Waals surface area (Å²) in [6.07, 6.45) is 1.60. The number of nitro groups is 1. The average Bonchev–Trinajstić information content (AvgIpc) is 2.05. The van der Waals surface area contributed by atoms with Crippen LogP contribution in [0.4, 0.5) is 5.69 Å². The molecule has 1 rings (SSSR count). The van der Waals surface area contributed by atoms with Gasteiger partial charge in [-0.2, -0.15) is 0 Å². The van der Waals surface area contributed by atoms with Gasteiger partial charge in [-0.25, -0.2) is 0 Å². The van der Waals surface area contributed by atoms with E-state index >= 15 is 0 Å². The molecule has 0 saturated heterocycles. The normalized spacial score (nSPS) is 9.42. The van der Waals surface area contributed by atoms with Gasteiger partial charge < -0.3 is 0 Å². The third kappa shape index (κ3) is 1.47. The molecule has 0 atom stereocenters. The topological polar surface area (TPSA) is 60.2 Å². The van der Waals surface area contributed by atoms with Crippen LogP contribution in [0.1, 0.15) is 11.1 Å². The highest BCUT2D eigenvalue weighted by atomic mass is 16.6. The second kappa shape index (κ2) is 3.13. The van der Waals surface area contributed by atoms with Gasteiger partial charge in [-0.15, -0.1) is 0 Å². The molecule has 0 unspecified atom stereocenters. The minimum Gasteiger partial charge on any atom is -0.285 e. The number of hydrogen-bond acceptors (Lipinski definition) is 3. The second-order valence-corrected chi connectivity index (χ2v) is 2.36. The van der Waals surface area contributed by atoms with Crippen LogP contribution >= 0.6 is 0 Å². The molecule has 0 spiro atoms. The molecule has 0 bridgehead atoms. The SMILES string of the molecule is Cc1ccc([C]=O)cc1[N+](=O)[O-]. The van der Waals surface area contributed by atoms with E-state index in [1.54, 1.807) is 13.2 Å². The number of hydrogen-bond donors (Lipinski definition) is 0. The lowest BCUT2D eigenvalue weighted by molar-refractivity contribution is -0.385. The second-order valence-electron chi connectivity index (χ2n) is 2.36. The zero-order chi connectivity index (χ0) is 9.14. The van der Waals surface area contributed by atoms with Crippen molar-refractivity contribution < 1.29 is 9.72 Å². The van der Waals surface area contributed by atoms with Crippen LogP contribution in [0.15, 0.2) is 18.2 Å². The lowest BCUT2D eigenvalue weighted by Gasteiger charge is -1.95. The van der Waals surface area contributed by atoms with Crippen molar-refractivity contribution in [3.63, 3.8) is 0 Å². The summed E-state index contributed by atoms with van der Waals surface area (Å²) in [6, 6.07) is 4.23. The van der Waals surface area contributed by atoms with Gasteiger partial charge in [-0.05, 0) is 6.92 Å². The molecular weight excluding hydrogens is 158 g/mol. The molecule has 0 aliphatic heterocycles. The van der Waals surface area contributed by atoms with Crippen LogP contribution in [-0.4, -0.2) is 11.2 Å². The predicted molar refractivity (Wildman–Crippen MR) is 42.6 cm³/mol. The molecule has 12 heavy (non-hydrogen) atoms. The van der Waals surface area contributed by atoms with Crippen LogP contribution in [0.25, 0.3) is 0 Å². The van der Waals surface area contributed by atoms with E-state index in [-0.39, 0.29) is 11.3 Å². The zero-order valence-electron chi connectivity index (χ0n) is 6.40. The van der Waals surface area contributed by atoms with Crippen LogP contribution in [0.2, 0.25) is 0 Å². The Bertz CT molecular complexity index is 333. The molecule has 0 amide bonds. The average molecular weight is 164 g/mol. The van der Waals surface area contributed by atoms with Crippen LogP contribution in [0.5, 0.6) is 0 Å². The third-order valence-corrected chi connectivity index (χ3v) is 1.52. The minimum atomic E-state index is -0.518. The van der Waals surface area contributed by atoms with Crippen molar-refractivity contribution in [1.29, 1.82) is 0 Å². The third-order valence-electron chi connectivity index (χ3n) is 1.52. The Morgan fingerprint density at radius 2 is 2.17 bits per heavy atom. The van der Waals surface area contributed by atoms with Crippen molar-refractivity contribution >= 4 is 12.0 Å². The summed E-state index contributed by atoms with van der Waals surface area (Å²) in [5, 5.41) is 10.4. The van der Waals surface area contributed by atoms with Gasteiger partial charge in [0.1, 0.15) is 0 Å². The molecule has 0 aromatic heterocycles. The fourth-order valence-electron chi connectivity index (χ4n) is 0.870. The molecule has 0 aliphatic carbocycles. The number of nitrogens with zero attached hydrogens (tertiary/aromatic N) is 1. The molecule has 4 heteroatoms. The van der Waals surface area contributed by atoms with Crippen molar-refractivity contribution in [2.45, 2.75) is 6.92 Å². The van der Waals surface area contributed by atoms with Crippen molar-refractivity contribution in [2.24, 2.45) is 0 Å². The smallest absolute Gasteiger partial charge is 0.273 e. The first-order valence-electron chi connectivity index (χ1n) is 3.28. The Morgan fingerprint density at radius 1 is 1.50 bits per heavy atom. The minimum absolute atomic E-state index is 0.0455. The number of rotatable bonds is 2. The van der Waals surface area contributed by atoms with Gasteiger partial charge in [-0.1, -0.05) is 12.1 Å². The highest BCUT2D eigenvalue weighted by Gasteiger charge is 2.10. The van der Waals surface area contributed by atoms with Crippen molar-refractivity contribution in [1.82, 2.24) is 0 Å². The van der Waals surface area contributed by atoms with Crippen LogP contribution in [0.3, 0.4) is 0 Å². The van der Waals surface area contributed by atoms with Gasteiger partial charge in [0, 0.05) is 17.2 Å². The van der Waals surface area contributed by atoms with Gasteiger partial charge in [0.05, 0.1) is 4.92 Å². The molecule has 0 fully saturated rings. The number of benzene rings is 1. The summed E-state index contributed by atoms with van der Waals surface area (Å²) in [6.45, 7) is 1.62. The molecule has 0 saturated carbocycles. The standard InChI is InChI=1S/C8H6NO3/c1-6-2-3-7(5-10)4-8(6)9(11)12/h2-4H,1H3. The molecule has 0 aliphatic rings. The van der Waals surface area contributed by atoms with E-state index in [0.29, 0.717) is 5.56 Å². The van der Waals surface area contributed by atoms with Gasteiger partial charge in [0.15, 0.2) is 0 Å². The molecule has 1 radical (unpaired) electrons. The maximum absolute atomic E-state index is 10.4. The maximum Gasteiger partial charge on any atom is 0.273 e. The van der Waals surface area contributed by atoms with Gasteiger partial charge in [0.25, 0.3) is 5.69 Å². The fourth-order valence-corrected chi connectivity index (χ4v) is 0.870. The van der Waals surface area contributed by atoms with Crippen molar-refractivity contribution in [3.8, 4) is 0 Å². The lowest BCUT2D eigenvalue weighted by Crippen LogP contribution is -1.92. The van der Waals surface area contributed by atoms with E-state index in [9.17, 15) is 14.9 Å². The summed E-state index contributed by atoms with van der Waals surface area (Å²) in [4.78, 5) is 20.0. The molecule has 1 aromatic rings. The maximum atomic E-state index is 10.4. The lowest BCUT2D eigenvalue weighted by atomic mass is 10.1. The molecule has 1 aromatic carbocycles. The van der Waals surface area contributed by atoms with Crippen LogP contribution in [-0.2, 0) is 4.79 Å². The summed E-state index contributed by atoms with van der Waals surface area (Å²) >= 11 is 0. The van der Waals surface area contributed by atoms with Gasteiger partial charge in [0.2, 0.25) is 6.29 Å². The van der Waals surface area contributed by atoms with E-state index < -0.39 is 4.92 Å². The van der Waals surface area contributed by atoms with Crippen LogP contribution < -0.4 is 0 Å². The Kier molecular flexibility index (Phi) is 2.19. The highest BCUT2D eigenvalue weighted by Crippen LogP contribution is 2.17. The van der Waals surface area contributed by atoms with E-state index in [1.807, 2.05) is 0 Å². The molecule has 0 N–H and O–H groups in total. The van der Waals surface area contributed by atoms with E-state index in [4.69, 9.17) is 0 Å². The summed E-state index contributed by atoms with van der Waals surface area (Å²) < 4.78 is 0. The Morgan fingerprint density at radius 3 is 2.67 bits per heavy atom. The molecule has 61 valence electrons. The first-order chi connectivity index (χ1) is 5.65. The Hall–Kier alpha value is -1.71. The van der Waals surface area contributed by atoms with Crippen molar-refractivity contribution in [3.05, 3.63) is 39.4 Å². The Labute approximate surface area is 69.0 Å². The van der Waals surface area contributed by atoms with Crippen LogP contribution in [0, 0.1) is 17.0 Å². The fraction of sp³-hybridized carbons (Fsp3) is 0.125. The summed E-state index contributed by atoms with van der Waals surface area (Å²) in [5.74, 6) is 0. The molecule has 4 nitrogen and oxygen atoms in total. The van der Waals surface area contributed by atoms with E-state index in [1.165, 1.54) is 18.2 Å². The van der Waals surface area contributed by atoms with Gasteiger partial charge >= 0.3 is 0 Å². The molecule has 0 heterocycles. The quantitative estimate of drug-likeness (QED) is 0.489. The first kappa shape index (κ1) is 8.39. The van der Waals surface area contributed by atoms with E-state index in [0.717, 1.165) is 0 Å². The zero-order valence-corrected chi connectivity index (χ0v) is 6.40. The first-order valence-corrected chi connectivity index (χ1v) is 3.28. The largest absolute Gasteiger partial charge is 0.285 e. The number of aryl methyl sites for hydroxylation is 1. The monoisotopic (exact) mass is 164 g/mol. The van der Waals surface area contributed by atoms with Crippen molar-refractivity contribution in [2.75, 3.05) is 0 Å². The molecular formula is C8H6NO3. The highest BCUT2D eigenvalue weighted by molar-refractivity contribution is 5.76. The summed E-state index contributed by atoms with van der Waals surface area (Å²) in [5.41, 5.74) is 0.696. The van der Waals surface area contributed by atoms with Gasteiger partial charge in [-0.3, -0.25) is 14.9 Å².